The number of hydrogen-bond donors (Lipinski definition) is 0. The van der Waals surface area contributed by atoms with Crippen LogP contribution in [0.15, 0.2) is 114 Å². The van der Waals surface area contributed by atoms with Gasteiger partial charge in [-0.3, -0.25) is 14.4 Å². The Morgan fingerprint density at radius 3 is 2.22 bits per heavy atom. The molecule has 1 aliphatic rings. The molecule has 1 aliphatic heterocycles. The van der Waals surface area contributed by atoms with Gasteiger partial charge in [0.1, 0.15) is 11.1 Å². The van der Waals surface area contributed by atoms with Crippen molar-refractivity contribution in [2.45, 2.75) is 16.7 Å². The number of thioether (sulfide) groups is 1. The summed E-state index contributed by atoms with van der Waals surface area (Å²) in [7, 11) is 3.04. The Morgan fingerprint density at radius 1 is 0.860 bits per heavy atom. The molecule has 1 saturated heterocycles. The summed E-state index contributed by atoms with van der Waals surface area (Å²) in [5.41, 5.74) is 3.55. The van der Waals surface area contributed by atoms with Crippen molar-refractivity contribution >= 4 is 41.0 Å². The third-order valence-electron chi connectivity index (χ3n) is 8.01. The van der Waals surface area contributed by atoms with Gasteiger partial charge in [0.05, 0.1) is 42.0 Å². The highest BCUT2D eigenvalue weighted by Crippen LogP contribution is 2.44. The van der Waals surface area contributed by atoms with Crippen molar-refractivity contribution < 1.29 is 33.4 Å². The smallest absolute Gasteiger partial charge is 0.338 e. The van der Waals surface area contributed by atoms with E-state index in [4.69, 9.17) is 19.2 Å². The van der Waals surface area contributed by atoms with Crippen molar-refractivity contribution in [3.63, 3.8) is 0 Å². The largest absolute Gasteiger partial charge is 0.493 e. The number of nitriles is 1. The van der Waals surface area contributed by atoms with Gasteiger partial charge in [0.25, 0.3) is 0 Å². The molecule has 0 N–H and O–H groups in total. The second-order valence-electron chi connectivity index (χ2n) is 11.0. The number of Topliss-reactive ketones (excluding diaryl/α,β-unsaturated/α-hetero) is 1. The number of ketones is 1. The highest BCUT2D eigenvalue weighted by Gasteiger charge is 2.41. The quantitative estimate of drug-likeness (QED) is 0.0834. The second kappa shape index (κ2) is 14.9. The van der Waals surface area contributed by atoms with E-state index in [2.05, 4.69) is 6.07 Å². The van der Waals surface area contributed by atoms with Crippen molar-refractivity contribution in [1.82, 2.24) is 4.98 Å². The molecule has 10 nitrogen and oxygen atoms in total. The number of imide groups is 1. The molecule has 0 aliphatic carbocycles. The summed E-state index contributed by atoms with van der Waals surface area (Å²) < 4.78 is 16.4. The SMILES string of the molecule is COc1cccc(-c2cc(-c3ccccc3)nc(SC3CC(=O)N(c4ccc(C(=O)OCC(=O)c5ccccc5)cc4)C3=O)c2C#N)c1OC. The molecule has 1 aromatic heterocycles. The molecule has 248 valence electrons. The van der Waals surface area contributed by atoms with Gasteiger partial charge in [-0.25, -0.2) is 14.7 Å². The fraction of sp³-hybridized carbons (Fsp3) is 0.128. The van der Waals surface area contributed by atoms with Crippen LogP contribution >= 0.6 is 11.8 Å². The van der Waals surface area contributed by atoms with Gasteiger partial charge in [-0.2, -0.15) is 5.26 Å². The molecule has 4 aromatic carbocycles. The van der Waals surface area contributed by atoms with Crippen molar-refractivity contribution in [2.75, 3.05) is 25.7 Å². The van der Waals surface area contributed by atoms with Crippen LogP contribution in [-0.4, -0.2) is 54.6 Å². The van der Waals surface area contributed by atoms with E-state index in [-0.39, 0.29) is 34.0 Å². The molecule has 11 heteroatoms. The minimum Gasteiger partial charge on any atom is -0.493 e. The molecule has 2 amide bonds. The molecule has 5 aromatic rings. The number of carbonyl (C=O) groups is 4. The van der Waals surface area contributed by atoms with Crippen LogP contribution in [0.4, 0.5) is 5.69 Å². The molecule has 6 rings (SSSR count). The lowest BCUT2D eigenvalue weighted by molar-refractivity contribution is -0.121. The molecule has 0 radical (unpaired) electrons. The summed E-state index contributed by atoms with van der Waals surface area (Å²) >= 11 is 1.05. The van der Waals surface area contributed by atoms with E-state index >= 15 is 0 Å². The zero-order valence-electron chi connectivity index (χ0n) is 27.0. The number of carbonyl (C=O) groups excluding carboxylic acids is 4. The topological polar surface area (TPSA) is 136 Å². The molecule has 0 saturated carbocycles. The Bertz CT molecular complexity index is 2130. The number of nitrogens with zero attached hydrogens (tertiary/aromatic N) is 3. The summed E-state index contributed by atoms with van der Waals surface area (Å²) in [6.07, 6.45) is -0.130. The first-order chi connectivity index (χ1) is 24.3. The third-order valence-corrected chi connectivity index (χ3v) is 9.18. The fourth-order valence-electron chi connectivity index (χ4n) is 5.55. The third kappa shape index (κ3) is 6.83. The molecular weight excluding hydrogens is 655 g/mol. The molecule has 1 unspecified atom stereocenters. The number of para-hydroxylation sites is 1. The van der Waals surface area contributed by atoms with E-state index in [1.807, 2.05) is 36.4 Å². The van der Waals surface area contributed by atoms with Gasteiger partial charge in [-0.1, -0.05) is 84.6 Å². The van der Waals surface area contributed by atoms with Gasteiger partial charge in [0.2, 0.25) is 11.8 Å². The number of ether oxygens (including phenoxy) is 3. The van der Waals surface area contributed by atoms with Gasteiger partial charge >= 0.3 is 5.97 Å². The van der Waals surface area contributed by atoms with Crippen LogP contribution in [0.5, 0.6) is 11.5 Å². The number of anilines is 1. The number of hydrogen-bond acceptors (Lipinski definition) is 10. The highest BCUT2D eigenvalue weighted by atomic mass is 32.2. The lowest BCUT2D eigenvalue weighted by atomic mass is 9.98. The summed E-state index contributed by atoms with van der Waals surface area (Å²) in [5, 5.41) is 9.85. The zero-order valence-corrected chi connectivity index (χ0v) is 27.8. The summed E-state index contributed by atoms with van der Waals surface area (Å²) in [4.78, 5) is 57.8. The van der Waals surface area contributed by atoms with Crippen molar-refractivity contribution in [3.05, 3.63) is 126 Å². The van der Waals surface area contributed by atoms with Gasteiger partial charge in [0.15, 0.2) is 23.9 Å². The van der Waals surface area contributed by atoms with E-state index in [1.165, 1.54) is 38.5 Å². The summed E-state index contributed by atoms with van der Waals surface area (Å²) in [6, 6.07) is 33.1. The van der Waals surface area contributed by atoms with E-state index in [1.54, 1.807) is 48.5 Å². The van der Waals surface area contributed by atoms with Crippen molar-refractivity contribution in [1.29, 1.82) is 5.26 Å². The van der Waals surface area contributed by atoms with Gasteiger partial charge in [-0.05, 0) is 36.4 Å². The molecule has 1 fully saturated rings. The molecule has 0 bridgehead atoms. The van der Waals surface area contributed by atoms with E-state index in [0.29, 0.717) is 33.9 Å². The first-order valence-electron chi connectivity index (χ1n) is 15.4. The number of benzene rings is 4. The Kier molecular flexibility index (Phi) is 10.0. The average Bonchev–Trinajstić information content (AvgIpc) is 3.44. The van der Waals surface area contributed by atoms with Crippen molar-refractivity contribution in [2.24, 2.45) is 0 Å². The maximum Gasteiger partial charge on any atom is 0.338 e. The number of aromatic nitrogens is 1. The number of methoxy groups -OCH3 is 2. The Hall–Kier alpha value is -6.25. The predicted octanol–water partition coefficient (Wildman–Crippen LogP) is 6.77. The zero-order chi connectivity index (χ0) is 35.2. The first-order valence-corrected chi connectivity index (χ1v) is 16.3. The van der Waals surface area contributed by atoms with E-state index in [0.717, 1.165) is 22.2 Å². The summed E-state index contributed by atoms with van der Waals surface area (Å²) in [5.74, 6) is -1.08. The van der Waals surface area contributed by atoms with E-state index in [9.17, 15) is 24.4 Å². The minimum absolute atomic E-state index is 0.130. The Labute approximate surface area is 292 Å². The van der Waals surface area contributed by atoms with Crippen molar-refractivity contribution in [3.8, 4) is 40.0 Å². The van der Waals surface area contributed by atoms with Crippen LogP contribution in [0.25, 0.3) is 22.4 Å². The van der Waals surface area contributed by atoms with Crippen LogP contribution in [0.3, 0.4) is 0 Å². The number of rotatable bonds is 11. The lowest BCUT2D eigenvalue weighted by Crippen LogP contribution is -2.31. The van der Waals surface area contributed by atoms with Gasteiger partial charge < -0.3 is 14.2 Å². The van der Waals surface area contributed by atoms with E-state index < -0.39 is 29.6 Å². The predicted molar refractivity (Wildman–Crippen MR) is 187 cm³/mol. The maximum absolute atomic E-state index is 13.8. The molecular formula is C39H29N3O7S. The number of amides is 2. The summed E-state index contributed by atoms with van der Waals surface area (Å²) in [6.45, 7) is -0.427. The molecule has 0 spiro atoms. The van der Waals surface area contributed by atoms with Crippen LogP contribution in [0.1, 0.15) is 32.7 Å². The van der Waals surface area contributed by atoms with Crippen LogP contribution in [0.2, 0.25) is 0 Å². The second-order valence-corrected chi connectivity index (χ2v) is 12.2. The normalized spacial score (nSPS) is 13.9. The standard InChI is InChI=1S/C39H29N3O7S/c1-47-33-15-9-14-28(36(33)48-2)29-20-31(24-10-5-3-6-11-24)41-37(30(29)22-40)50-34-21-35(44)42(38(34)45)27-18-16-26(17-19-27)39(46)49-23-32(43)25-12-7-4-8-13-25/h3-20,34H,21,23H2,1-2H3. The lowest BCUT2D eigenvalue weighted by Gasteiger charge is -2.18. The minimum atomic E-state index is -0.873. The Morgan fingerprint density at radius 2 is 1.56 bits per heavy atom. The first kappa shape index (κ1) is 33.6. The monoisotopic (exact) mass is 683 g/mol. The van der Waals surface area contributed by atoms with Crippen LogP contribution < -0.4 is 14.4 Å². The van der Waals surface area contributed by atoms with Crippen LogP contribution in [0, 0.1) is 11.3 Å². The molecule has 1 atom stereocenters. The fourth-order valence-corrected chi connectivity index (χ4v) is 6.68. The average molecular weight is 684 g/mol. The van der Waals surface area contributed by atoms with Gasteiger partial charge in [-0.15, -0.1) is 0 Å². The molecule has 50 heavy (non-hydrogen) atoms. The maximum atomic E-state index is 13.8. The highest BCUT2D eigenvalue weighted by molar-refractivity contribution is 8.00. The number of esters is 1. The number of pyridine rings is 1. The molecule has 2 heterocycles. The Balaban J connectivity index is 1.26. The van der Waals surface area contributed by atoms with Gasteiger partial charge in [0, 0.05) is 28.7 Å². The van der Waals surface area contributed by atoms with Crippen LogP contribution in [-0.2, 0) is 14.3 Å².